The normalized spacial score (nSPS) is 21.7. The van der Waals surface area contributed by atoms with Crippen LogP contribution >= 0.6 is 11.6 Å². The van der Waals surface area contributed by atoms with E-state index in [2.05, 4.69) is 0 Å². The molecule has 2 aromatic carbocycles. The standard InChI is InChI=1S/C21H20ClNO3/c22-17-8-6-14(7-9-17)18-11-23(12-19(18)21(25)26)20(24)16-5-4-13-2-1-3-15(13)10-16/h4-10,18-19H,1-3,11-12H2,(H,25,26)/t18-,19+/m0/s1. The molecule has 2 aliphatic rings. The number of nitrogens with zero attached hydrogens (tertiary/aromatic N) is 1. The Balaban J connectivity index is 1.58. The topological polar surface area (TPSA) is 57.6 Å². The monoisotopic (exact) mass is 369 g/mol. The lowest BCUT2D eigenvalue weighted by Crippen LogP contribution is -2.30. The van der Waals surface area contributed by atoms with Crippen LogP contribution in [-0.2, 0) is 17.6 Å². The van der Waals surface area contributed by atoms with E-state index in [0.717, 1.165) is 24.8 Å². The number of aliphatic carboxylic acids is 1. The van der Waals surface area contributed by atoms with Crippen LogP contribution in [0.3, 0.4) is 0 Å². The number of rotatable bonds is 3. The minimum atomic E-state index is -0.866. The van der Waals surface area contributed by atoms with Gasteiger partial charge in [0, 0.05) is 29.6 Å². The van der Waals surface area contributed by atoms with Crippen LogP contribution in [0.4, 0.5) is 0 Å². The lowest BCUT2D eigenvalue weighted by Gasteiger charge is -2.17. The Bertz CT molecular complexity index is 862. The number of aryl methyl sites for hydroxylation is 2. The molecule has 1 aliphatic carbocycles. The summed E-state index contributed by atoms with van der Waals surface area (Å²) in [5.74, 6) is -1.77. The van der Waals surface area contributed by atoms with Crippen LogP contribution in [0, 0.1) is 5.92 Å². The molecule has 4 rings (SSSR count). The first-order chi connectivity index (χ1) is 12.5. The van der Waals surface area contributed by atoms with Gasteiger partial charge in [0.1, 0.15) is 0 Å². The summed E-state index contributed by atoms with van der Waals surface area (Å²) in [6.45, 7) is 0.646. The van der Waals surface area contributed by atoms with E-state index >= 15 is 0 Å². The highest BCUT2D eigenvalue weighted by atomic mass is 35.5. The third kappa shape index (κ3) is 3.10. The number of carbonyl (C=O) groups excluding carboxylic acids is 1. The van der Waals surface area contributed by atoms with Crippen molar-refractivity contribution in [2.24, 2.45) is 5.92 Å². The Morgan fingerprint density at radius 3 is 2.46 bits per heavy atom. The maximum atomic E-state index is 13.0. The van der Waals surface area contributed by atoms with Crippen molar-refractivity contribution in [2.75, 3.05) is 13.1 Å². The Morgan fingerprint density at radius 1 is 1.00 bits per heavy atom. The molecule has 0 unspecified atom stereocenters. The van der Waals surface area contributed by atoms with Gasteiger partial charge in [-0.1, -0.05) is 29.8 Å². The van der Waals surface area contributed by atoms with Gasteiger partial charge in [-0.2, -0.15) is 0 Å². The second-order valence-corrected chi connectivity index (χ2v) is 7.59. The second kappa shape index (κ2) is 6.76. The van der Waals surface area contributed by atoms with Crippen molar-refractivity contribution in [3.05, 3.63) is 69.7 Å². The summed E-state index contributed by atoms with van der Waals surface area (Å²) in [6.07, 6.45) is 3.23. The maximum Gasteiger partial charge on any atom is 0.308 e. The molecule has 0 bridgehead atoms. The first-order valence-corrected chi connectivity index (χ1v) is 9.30. The van der Waals surface area contributed by atoms with Crippen molar-refractivity contribution in [3.63, 3.8) is 0 Å². The first-order valence-electron chi connectivity index (χ1n) is 8.92. The molecule has 1 aliphatic heterocycles. The zero-order valence-electron chi connectivity index (χ0n) is 14.3. The third-order valence-electron chi connectivity index (χ3n) is 5.57. The van der Waals surface area contributed by atoms with Crippen molar-refractivity contribution in [3.8, 4) is 0 Å². The summed E-state index contributed by atoms with van der Waals surface area (Å²) in [4.78, 5) is 26.4. The van der Waals surface area contributed by atoms with Crippen LogP contribution in [0.15, 0.2) is 42.5 Å². The van der Waals surface area contributed by atoms with Gasteiger partial charge in [0.25, 0.3) is 5.91 Å². The van der Waals surface area contributed by atoms with Gasteiger partial charge in [0.15, 0.2) is 0 Å². The smallest absolute Gasteiger partial charge is 0.308 e. The van der Waals surface area contributed by atoms with E-state index in [1.165, 1.54) is 11.1 Å². The van der Waals surface area contributed by atoms with Gasteiger partial charge in [-0.15, -0.1) is 0 Å². The largest absolute Gasteiger partial charge is 0.481 e. The minimum absolute atomic E-state index is 0.0811. The summed E-state index contributed by atoms with van der Waals surface area (Å²) >= 11 is 5.94. The Kier molecular flexibility index (Phi) is 4.45. The maximum absolute atomic E-state index is 13.0. The summed E-state index contributed by atoms with van der Waals surface area (Å²) in [5, 5.41) is 10.2. The number of carbonyl (C=O) groups is 2. The number of hydrogen-bond acceptors (Lipinski definition) is 2. The van der Waals surface area contributed by atoms with Gasteiger partial charge in [-0.25, -0.2) is 0 Å². The van der Waals surface area contributed by atoms with E-state index in [1.807, 2.05) is 30.3 Å². The molecule has 5 heteroatoms. The number of carboxylic acids is 1. The lowest BCUT2D eigenvalue weighted by molar-refractivity contribution is -0.141. The Morgan fingerprint density at radius 2 is 1.73 bits per heavy atom. The van der Waals surface area contributed by atoms with E-state index in [1.54, 1.807) is 17.0 Å². The number of benzene rings is 2. The van der Waals surface area contributed by atoms with Gasteiger partial charge in [0.2, 0.25) is 0 Å². The SMILES string of the molecule is O=C(O)[C@@H]1CN(C(=O)c2ccc3c(c2)CCC3)C[C@H]1c1ccc(Cl)cc1. The molecule has 0 aromatic heterocycles. The van der Waals surface area contributed by atoms with Crippen LogP contribution in [0.1, 0.15) is 39.4 Å². The molecule has 134 valence electrons. The fourth-order valence-electron chi connectivity index (χ4n) is 4.16. The van der Waals surface area contributed by atoms with Crippen LogP contribution in [-0.4, -0.2) is 35.0 Å². The quantitative estimate of drug-likeness (QED) is 0.896. The van der Waals surface area contributed by atoms with Crippen LogP contribution in [0.2, 0.25) is 5.02 Å². The number of likely N-dealkylation sites (tertiary alicyclic amines) is 1. The number of carboxylic acid groups (broad SMARTS) is 1. The molecule has 0 spiro atoms. The van der Waals surface area contributed by atoms with E-state index in [9.17, 15) is 14.7 Å². The predicted octanol–water partition coefficient (Wildman–Crippen LogP) is 3.77. The average Bonchev–Trinajstić information content (AvgIpc) is 3.28. The number of amides is 1. The summed E-state index contributed by atoms with van der Waals surface area (Å²) < 4.78 is 0. The molecule has 26 heavy (non-hydrogen) atoms. The molecule has 1 saturated heterocycles. The van der Waals surface area contributed by atoms with Crippen molar-refractivity contribution in [1.82, 2.24) is 4.90 Å². The van der Waals surface area contributed by atoms with Gasteiger partial charge in [-0.3, -0.25) is 9.59 Å². The summed E-state index contributed by atoms with van der Waals surface area (Å²) in [7, 11) is 0. The molecular weight excluding hydrogens is 350 g/mol. The fraction of sp³-hybridized carbons (Fsp3) is 0.333. The number of halogens is 1. The number of fused-ring (bicyclic) bond motifs is 1. The molecule has 0 saturated carbocycles. The highest BCUT2D eigenvalue weighted by Gasteiger charge is 2.40. The zero-order chi connectivity index (χ0) is 18.3. The molecule has 1 heterocycles. The Labute approximate surface area is 157 Å². The van der Waals surface area contributed by atoms with Crippen molar-refractivity contribution < 1.29 is 14.7 Å². The zero-order valence-corrected chi connectivity index (χ0v) is 15.1. The summed E-state index contributed by atoms with van der Waals surface area (Å²) in [6, 6.07) is 13.1. The van der Waals surface area contributed by atoms with Gasteiger partial charge in [-0.05, 0) is 60.2 Å². The van der Waals surface area contributed by atoms with Crippen molar-refractivity contribution in [1.29, 1.82) is 0 Å². The van der Waals surface area contributed by atoms with E-state index in [0.29, 0.717) is 17.1 Å². The van der Waals surface area contributed by atoms with Gasteiger partial charge >= 0.3 is 5.97 Å². The van der Waals surface area contributed by atoms with Crippen LogP contribution in [0.5, 0.6) is 0 Å². The fourth-order valence-corrected chi connectivity index (χ4v) is 4.28. The number of hydrogen-bond donors (Lipinski definition) is 1. The molecule has 1 fully saturated rings. The van der Waals surface area contributed by atoms with Crippen LogP contribution < -0.4 is 0 Å². The van der Waals surface area contributed by atoms with Crippen molar-refractivity contribution in [2.45, 2.75) is 25.2 Å². The third-order valence-corrected chi connectivity index (χ3v) is 5.82. The lowest BCUT2D eigenvalue weighted by atomic mass is 9.89. The van der Waals surface area contributed by atoms with E-state index in [-0.39, 0.29) is 18.4 Å². The van der Waals surface area contributed by atoms with Gasteiger partial charge in [0.05, 0.1) is 5.92 Å². The molecule has 0 radical (unpaired) electrons. The van der Waals surface area contributed by atoms with E-state index < -0.39 is 11.9 Å². The highest BCUT2D eigenvalue weighted by molar-refractivity contribution is 6.30. The molecule has 1 amide bonds. The molecule has 4 nitrogen and oxygen atoms in total. The first kappa shape index (κ1) is 17.1. The molecule has 2 atom stereocenters. The van der Waals surface area contributed by atoms with Crippen LogP contribution in [0.25, 0.3) is 0 Å². The Hall–Kier alpha value is -2.33. The average molecular weight is 370 g/mol. The second-order valence-electron chi connectivity index (χ2n) is 7.15. The molecule has 1 N–H and O–H groups in total. The van der Waals surface area contributed by atoms with E-state index in [4.69, 9.17) is 11.6 Å². The molecule has 2 aromatic rings. The van der Waals surface area contributed by atoms with Gasteiger partial charge < -0.3 is 10.0 Å². The summed E-state index contributed by atoms with van der Waals surface area (Å²) in [5.41, 5.74) is 4.14. The van der Waals surface area contributed by atoms with Crippen molar-refractivity contribution >= 4 is 23.5 Å². The minimum Gasteiger partial charge on any atom is -0.481 e. The highest BCUT2D eigenvalue weighted by Crippen LogP contribution is 2.34. The molecular formula is C21H20ClNO3. The predicted molar refractivity (Wildman–Crippen MR) is 99.7 cm³/mol.